The summed E-state index contributed by atoms with van der Waals surface area (Å²) in [6, 6.07) is 5.16. The zero-order valence-electron chi connectivity index (χ0n) is 13.5. The first-order valence-corrected chi connectivity index (χ1v) is 7.60. The fraction of sp³-hybridized carbons (Fsp3) is 0.529. The minimum absolute atomic E-state index is 0.0897. The number of ether oxygens (including phenoxy) is 1. The number of fused-ring (bicyclic) bond motifs is 1. The number of carbonyl (C=O) groups is 2. The predicted molar refractivity (Wildman–Crippen MR) is 83.9 cm³/mol. The van der Waals surface area contributed by atoms with E-state index in [0.717, 1.165) is 18.7 Å². The van der Waals surface area contributed by atoms with Crippen molar-refractivity contribution in [2.75, 3.05) is 25.5 Å². The number of benzene rings is 1. The van der Waals surface area contributed by atoms with Gasteiger partial charge in [-0.2, -0.15) is 0 Å². The molecule has 0 aromatic heterocycles. The summed E-state index contributed by atoms with van der Waals surface area (Å²) in [6.07, 6.45) is 0. The van der Waals surface area contributed by atoms with E-state index in [1.54, 1.807) is 18.2 Å². The summed E-state index contributed by atoms with van der Waals surface area (Å²) in [6.45, 7) is 7.98. The number of piperidine rings is 1. The monoisotopic (exact) mass is 302 g/mol. The van der Waals surface area contributed by atoms with Crippen molar-refractivity contribution >= 4 is 17.7 Å². The summed E-state index contributed by atoms with van der Waals surface area (Å²) >= 11 is 0. The molecule has 0 spiro atoms. The summed E-state index contributed by atoms with van der Waals surface area (Å²) in [5.41, 5.74) is 2.25. The van der Waals surface area contributed by atoms with Crippen molar-refractivity contribution in [3.05, 3.63) is 29.3 Å². The summed E-state index contributed by atoms with van der Waals surface area (Å²) in [4.78, 5) is 26.0. The quantitative estimate of drug-likeness (QED) is 0.855. The topological polar surface area (TPSA) is 58.6 Å². The maximum atomic E-state index is 12.4. The third kappa shape index (κ3) is 2.25. The number of rotatable bonds is 2. The average molecular weight is 302 g/mol. The van der Waals surface area contributed by atoms with Crippen LogP contribution in [0.4, 0.5) is 10.5 Å². The van der Waals surface area contributed by atoms with Crippen LogP contribution in [0.3, 0.4) is 0 Å². The Labute approximate surface area is 130 Å². The molecule has 2 amide bonds. The number of likely N-dealkylation sites (tertiary alicyclic amines) is 1. The SMILES string of the molecule is COC(=O)c1cccc(NC(=O)N2CC3C(C2)C3(C)C)c1C. The van der Waals surface area contributed by atoms with Gasteiger partial charge in [-0.3, -0.25) is 0 Å². The molecule has 2 fully saturated rings. The molecule has 2 unspecified atom stereocenters. The predicted octanol–water partition coefficient (Wildman–Crippen LogP) is 2.90. The van der Waals surface area contributed by atoms with Crippen molar-refractivity contribution in [2.45, 2.75) is 20.8 Å². The summed E-state index contributed by atoms with van der Waals surface area (Å²) < 4.78 is 4.76. The van der Waals surface area contributed by atoms with Crippen molar-refractivity contribution in [3.8, 4) is 0 Å². The van der Waals surface area contributed by atoms with Gasteiger partial charge in [-0.15, -0.1) is 0 Å². The molecular formula is C17H22N2O3. The molecule has 5 nitrogen and oxygen atoms in total. The van der Waals surface area contributed by atoms with Crippen LogP contribution >= 0.6 is 0 Å². The number of esters is 1. The first-order valence-electron chi connectivity index (χ1n) is 7.60. The van der Waals surface area contributed by atoms with Crippen molar-refractivity contribution in [2.24, 2.45) is 17.3 Å². The van der Waals surface area contributed by atoms with Crippen LogP contribution in [0.1, 0.15) is 29.8 Å². The lowest BCUT2D eigenvalue weighted by molar-refractivity contribution is 0.0600. The minimum Gasteiger partial charge on any atom is -0.465 e. The Hall–Kier alpha value is -2.04. The normalized spacial score (nSPS) is 24.6. The number of hydrogen-bond acceptors (Lipinski definition) is 3. The van der Waals surface area contributed by atoms with Gasteiger partial charge in [-0.25, -0.2) is 9.59 Å². The second-order valence-electron chi connectivity index (χ2n) is 6.84. The van der Waals surface area contributed by atoms with E-state index in [1.807, 2.05) is 11.8 Å². The number of urea groups is 1. The van der Waals surface area contributed by atoms with Crippen molar-refractivity contribution in [1.29, 1.82) is 0 Å². The minimum atomic E-state index is -0.391. The standard InChI is InChI=1S/C17H22N2O3/c1-10-11(15(20)22-4)6-5-7-14(10)18-16(21)19-8-12-13(9-19)17(12,2)3/h5-7,12-13H,8-9H2,1-4H3,(H,18,21). The molecule has 1 N–H and O–H groups in total. The van der Waals surface area contributed by atoms with Crippen LogP contribution in [0, 0.1) is 24.2 Å². The molecule has 118 valence electrons. The first kappa shape index (κ1) is 14.9. The molecule has 22 heavy (non-hydrogen) atoms. The molecule has 1 aliphatic carbocycles. The number of nitrogens with zero attached hydrogens (tertiary/aromatic N) is 1. The fourth-order valence-corrected chi connectivity index (χ4v) is 3.59. The molecule has 5 heteroatoms. The molecule has 2 atom stereocenters. The van der Waals surface area contributed by atoms with E-state index in [1.165, 1.54) is 7.11 Å². The molecule has 1 aliphatic heterocycles. The highest BCUT2D eigenvalue weighted by atomic mass is 16.5. The maximum absolute atomic E-state index is 12.4. The van der Waals surface area contributed by atoms with Gasteiger partial charge < -0.3 is 15.0 Å². The Morgan fingerprint density at radius 3 is 2.50 bits per heavy atom. The van der Waals surface area contributed by atoms with Gasteiger partial charge in [-0.1, -0.05) is 19.9 Å². The van der Waals surface area contributed by atoms with Gasteiger partial charge >= 0.3 is 12.0 Å². The molecule has 1 saturated carbocycles. The van der Waals surface area contributed by atoms with Crippen molar-refractivity contribution in [3.63, 3.8) is 0 Å². The third-order valence-electron chi connectivity index (χ3n) is 5.39. The van der Waals surface area contributed by atoms with Gasteiger partial charge in [0.05, 0.1) is 12.7 Å². The zero-order valence-corrected chi connectivity index (χ0v) is 13.5. The molecule has 1 aromatic rings. The second-order valence-corrected chi connectivity index (χ2v) is 6.84. The van der Waals surface area contributed by atoms with Crippen LogP contribution in [-0.2, 0) is 4.74 Å². The van der Waals surface area contributed by atoms with E-state index in [9.17, 15) is 9.59 Å². The van der Waals surface area contributed by atoms with E-state index in [4.69, 9.17) is 4.74 Å². The Morgan fingerprint density at radius 2 is 1.91 bits per heavy atom. The Morgan fingerprint density at radius 1 is 1.27 bits per heavy atom. The van der Waals surface area contributed by atoms with Gasteiger partial charge in [0.25, 0.3) is 0 Å². The number of methoxy groups -OCH3 is 1. The Balaban J connectivity index is 1.69. The highest BCUT2D eigenvalue weighted by Crippen LogP contribution is 2.61. The first-order chi connectivity index (χ1) is 10.4. The molecule has 1 saturated heterocycles. The van der Waals surface area contributed by atoms with Crippen molar-refractivity contribution < 1.29 is 14.3 Å². The molecule has 3 rings (SSSR count). The van der Waals surface area contributed by atoms with E-state index in [-0.39, 0.29) is 6.03 Å². The zero-order chi connectivity index (χ0) is 16.1. The second kappa shape index (κ2) is 5.00. The van der Waals surface area contributed by atoms with Crippen molar-refractivity contribution in [1.82, 2.24) is 4.90 Å². The molecular weight excluding hydrogens is 280 g/mol. The summed E-state index contributed by atoms with van der Waals surface area (Å²) in [5, 5.41) is 2.92. The smallest absolute Gasteiger partial charge is 0.338 e. The highest BCUT2D eigenvalue weighted by Gasteiger charge is 2.62. The fourth-order valence-electron chi connectivity index (χ4n) is 3.59. The number of hydrogen-bond donors (Lipinski definition) is 1. The molecule has 1 heterocycles. The molecule has 2 aliphatic rings. The molecule has 0 bridgehead atoms. The Kier molecular flexibility index (Phi) is 3.38. The van der Waals surface area contributed by atoms with Gasteiger partial charge in [0.2, 0.25) is 0 Å². The molecule has 1 aromatic carbocycles. The maximum Gasteiger partial charge on any atom is 0.338 e. The van der Waals surface area contributed by atoms with Gasteiger partial charge in [0.15, 0.2) is 0 Å². The number of nitrogens with one attached hydrogen (secondary N) is 1. The summed E-state index contributed by atoms with van der Waals surface area (Å²) in [5.74, 6) is 0.860. The lowest BCUT2D eigenvalue weighted by Gasteiger charge is -2.23. The number of amides is 2. The van der Waals surface area contributed by atoms with Gasteiger partial charge in [0, 0.05) is 18.8 Å². The number of anilines is 1. The van der Waals surface area contributed by atoms with Crippen LogP contribution in [0.5, 0.6) is 0 Å². The number of carbonyl (C=O) groups excluding carboxylic acids is 2. The van der Waals surface area contributed by atoms with E-state index in [0.29, 0.717) is 28.5 Å². The van der Waals surface area contributed by atoms with Crippen LogP contribution < -0.4 is 5.32 Å². The third-order valence-corrected chi connectivity index (χ3v) is 5.39. The summed E-state index contributed by atoms with van der Waals surface area (Å²) in [7, 11) is 1.35. The lowest BCUT2D eigenvalue weighted by atomic mass is 10.1. The van der Waals surface area contributed by atoms with Gasteiger partial charge in [-0.05, 0) is 41.9 Å². The van der Waals surface area contributed by atoms with Crippen LogP contribution in [0.2, 0.25) is 0 Å². The average Bonchev–Trinajstić information content (AvgIpc) is 2.86. The van der Waals surface area contributed by atoms with Crippen LogP contribution in [-0.4, -0.2) is 37.1 Å². The Bertz CT molecular complexity index is 625. The largest absolute Gasteiger partial charge is 0.465 e. The lowest BCUT2D eigenvalue weighted by Crippen LogP contribution is -2.36. The van der Waals surface area contributed by atoms with E-state index >= 15 is 0 Å². The van der Waals surface area contributed by atoms with E-state index in [2.05, 4.69) is 19.2 Å². The van der Waals surface area contributed by atoms with Gasteiger partial charge in [0.1, 0.15) is 0 Å². The van der Waals surface area contributed by atoms with Crippen LogP contribution in [0.25, 0.3) is 0 Å². The molecule has 0 radical (unpaired) electrons. The van der Waals surface area contributed by atoms with Crippen LogP contribution in [0.15, 0.2) is 18.2 Å². The van der Waals surface area contributed by atoms with E-state index < -0.39 is 5.97 Å². The highest BCUT2D eigenvalue weighted by molar-refractivity contribution is 5.96.